The summed E-state index contributed by atoms with van der Waals surface area (Å²) in [7, 11) is 1.76. The Morgan fingerprint density at radius 2 is 2.11 bits per heavy atom. The highest BCUT2D eigenvalue weighted by Crippen LogP contribution is 2.29. The summed E-state index contributed by atoms with van der Waals surface area (Å²) in [5.74, 6) is 1.16. The molecule has 0 N–H and O–H groups in total. The molecule has 18 heavy (non-hydrogen) atoms. The molecule has 0 radical (unpaired) electrons. The van der Waals surface area contributed by atoms with Gasteiger partial charge in [-0.05, 0) is 37.6 Å². The minimum atomic E-state index is 0.469. The minimum absolute atomic E-state index is 0.469. The van der Waals surface area contributed by atoms with Gasteiger partial charge in [0.15, 0.2) is 0 Å². The molecule has 1 aromatic carbocycles. The van der Waals surface area contributed by atoms with Crippen LogP contribution in [0.3, 0.4) is 0 Å². The van der Waals surface area contributed by atoms with Crippen molar-refractivity contribution in [2.24, 2.45) is 7.05 Å². The Morgan fingerprint density at radius 1 is 1.39 bits per heavy atom. The third-order valence-electron chi connectivity index (χ3n) is 2.63. The molecule has 0 aliphatic heterocycles. The van der Waals surface area contributed by atoms with Crippen LogP contribution in [0, 0.1) is 25.2 Å². The van der Waals surface area contributed by atoms with E-state index < -0.39 is 0 Å². The second-order valence-corrected chi connectivity index (χ2v) is 4.87. The zero-order valence-electron chi connectivity index (χ0n) is 10.4. The van der Waals surface area contributed by atoms with E-state index in [0.717, 1.165) is 10.0 Å². The normalized spacial score (nSPS) is 10.2. The molecular formula is C13H12BrN3O. The first-order valence-electron chi connectivity index (χ1n) is 5.40. The van der Waals surface area contributed by atoms with E-state index in [0.29, 0.717) is 22.9 Å². The predicted octanol–water partition coefficient (Wildman–Crippen LogP) is 3.46. The van der Waals surface area contributed by atoms with Crippen LogP contribution in [0.5, 0.6) is 11.6 Å². The summed E-state index contributed by atoms with van der Waals surface area (Å²) in [6.45, 7) is 3.77. The molecule has 0 fully saturated rings. The number of ether oxygens (including phenoxy) is 1. The lowest BCUT2D eigenvalue weighted by molar-refractivity contribution is 0.429. The molecular weight excluding hydrogens is 294 g/mol. The van der Waals surface area contributed by atoms with Gasteiger partial charge in [-0.25, -0.2) is 4.68 Å². The van der Waals surface area contributed by atoms with Crippen LogP contribution in [-0.2, 0) is 7.05 Å². The van der Waals surface area contributed by atoms with Gasteiger partial charge >= 0.3 is 0 Å². The monoisotopic (exact) mass is 305 g/mol. The Morgan fingerprint density at radius 3 is 2.72 bits per heavy atom. The summed E-state index contributed by atoms with van der Waals surface area (Å²) >= 11 is 3.44. The summed E-state index contributed by atoms with van der Waals surface area (Å²) < 4.78 is 8.34. The average molecular weight is 306 g/mol. The van der Waals surface area contributed by atoms with E-state index in [4.69, 9.17) is 10.00 Å². The molecule has 4 nitrogen and oxygen atoms in total. The van der Waals surface area contributed by atoms with Gasteiger partial charge in [0.25, 0.3) is 0 Å². The summed E-state index contributed by atoms with van der Waals surface area (Å²) in [4.78, 5) is 0. The number of benzene rings is 1. The predicted molar refractivity (Wildman–Crippen MR) is 71.6 cm³/mol. The van der Waals surface area contributed by atoms with Crippen molar-refractivity contribution >= 4 is 15.9 Å². The van der Waals surface area contributed by atoms with Crippen molar-refractivity contribution in [3.05, 3.63) is 39.5 Å². The highest BCUT2D eigenvalue weighted by Gasteiger charge is 2.15. The molecule has 2 aromatic rings. The fraction of sp³-hybridized carbons (Fsp3) is 0.231. The summed E-state index contributed by atoms with van der Waals surface area (Å²) in [6.07, 6.45) is 0. The number of halogens is 1. The SMILES string of the molecule is Cc1cc(Oc2c(C#N)c(C)nn2C)ccc1Br. The fourth-order valence-corrected chi connectivity index (χ4v) is 1.92. The van der Waals surface area contributed by atoms with Crippen LogP contribution >= 0.6 is 15.9 Å². The van der Waals surface area contributed by atoms with Gasteiger partial charge in [0.1, 0.15) is 17.4 Å². The van der Waals surface area contributed by atoms with Crippen LogP contribution in [-0.4, -0.2) is 9.78 Å². The summed E-state index contributed by atoms with van der Waals surface area (Å²) in [5, 5.41) is 13.3. The molecule has 0 unspecified atom stereocenters. The van der Waals surface area contributed by atoms with Gasteiger partial charge in [-0.2, -0.15) is 10.4 Å². The largest absolute Gasteiger partial charge is 0.438 e. The van der Waals surface area contributed by atoms with E-state index >= 15 is 0 Å². The van der Waals surface area contributed by atoms with Gasteiger partial charge in [0.2, 0.25) is 5.88 Å². The smallest absolute Gasteiger partial charge is 0.235 e. The molecule has 1 heterocycles. The number of aromatic nitrogens is 2. The van der Waals surface area contributed by atoms with Crippen molar-refractivity contribution < 1.29 is 4.74 Å². The van der Waals surface area contributed by atoms with Gasteiger partial charge in [0, 0.05) is 11.5 Å². The van der Waals surface area contributed by atoms with Crippen LogP contribution in [0.15, 0.2) is 22.7 Å². The molecule has 5 heteroatoms. The molecule has 0 saturated carbocycles. The lowest BCUT2D eigenvalue weighted by Gasteiger charge is -2.07. The lowest BCUT2D eigenvalue weighted by atomic mass is 10.2. The van der Waals surface area contributed by atoms with E-state index in [-0.39, 0.29) is 0 Å². The van der Waals surface area contributed by atoms with Gasteiger partial charge < -0.3 is 4.74 Å². The van der Waals surface area contributed by atoms with Crippen LogP contribution in [0.2, 0.25) is 0 Å². The van der Waals surface area contributed by atoms with Gasteiger partial charge in [0.05, 0.1) is 5.69 Å². The second-order valence-electron chi connectivity index (χ2n) is 4.01. The topological polar surface area (TPSA) is 50.8 Å². The molecule has 92 valence electrons. The van der Waals surface area contributed by atoms with Crippen molar-refractivity contribution in [3.63, 3.8) is 0 Å². The Kier molecular flexibility index (Phi) is 3.39. The number of aryl methyl sites for hydroxylation is 3. The Balaban J connectivity index is 2.40. The van der Waals surface area contributed by atoms with Crippen LogP contribution in [0.4, 0.5) is 0 Å². The molecule has 0 bridgehead atoms. The fourth-order valence-electron chi connectivity index (χ4n) is 1.68. The molecule has 0 amide bonds. The highest BCUT2D eigenvalue weighted by atomic mass is 79.9. The van der Waals surface area contributed by atoms with Crippen molar-refractivity contribution in [1.82, 2.24) is 9.78 Å². The number of hydrogen-bond donors (Lipinski definition) is 0. The molecule has 0 aliphatic carbocycles. The van der Waals surface area contributed by atoms with Crippen LogP contribution in [0.25, 0.3) is 0 Å². The molecule has 0 aliphatic rings. The Hall–Kier alpha value is -1.80. The molecule has 2 rings (SSSR count). The first-order valence-corrected chi connectivity index (χ1v) is 6.20. The quantitative estimate of drug-likeness (QED) is 0.853. The molecule has 1 aromatic heterocycles. The lowest BCUT2D eigenvalue weighted by Crippen LogP contribution is -1.96. The average Bonchev–Trinajstić information content (AvgIpc) is 2.58. The Labute approximate surface area is 114 Å². The van der Waals surface area contributed by atoms with Gasteiger partial charge in [-0.15, -0.1) is 0 Å². The standard InChI is InChI=1S/C13H12BrN3O/c1-8-6-10(4-5-12(8)14)18-13-11(7-15)9(2)16-17(13)3/h4-6H,1-3H3. The maximum atomic E-state index is 9.10. The first-order chi connectivity index (χ1) is 8.52. The minimum Gasteiger partial charge on any atom is -0.438 e. The third-order valence-corrected chi connectivity index (χ3v) is 3.52. The Bertz CT molecular complexity index is 640. The van der Waals surface area contributed by atoms with E-state index in [9.17, 15) is 0 Å². The molecule has 0 spiro atoms. The van der Waals surface area contributed by atoms with Crippen LogP contribution in [0.1, 0.15) is 16.8 Å². The van der Waals surface area contributed by atoms with E-state index in [1.165, 1.54) is 0 Å². The number of rotatable bonds is 2. The summed E-state index contributed by atoms with van der Waals surface area (Å²) in [6, 6.07) is 7.79. The van der Waals surface area contributed by atoms with E-state index in [1.807, 2.05) is 25.1 Å². The first kappa shape index (κ1) is 12.7. The van der Waals surface area contributed by atoms with Crippen LogP contribution < -0.4 is 4.74 Å². The zero-order valence-corrected chi connectivity index (χ0v) is 11.9. The van der Waals surface area contributed by atoms with Crippen molar-refractivity contribution in [1.29, 1.82) is 5.26 Å². The third kappa shape index (κ3) is 2.24. The highest BCUT2D eigenvalue weighted by molar-refractivity contribution is 9.10. The van der Waals surface area contributed by atoms with Crippen molar-refractivity contribution in [2.45, 2.75) is 13.8 Å². The number of nitrogens with zero attached hydrogens (tertiary/aromatic N) is 3. The number of hydrogen-bond acceptors (Lipinski definition) is 3. The molecule has 0 atom stereocenters. The van der Waals surface area contributed by atoms with Crippen molar-refractivity contribution in [3.8, 4) is 17.7 Å². The van der Waals surface area contributed by atoms with Gasteiger partial charge in [-0.3, -0.25) is 0 Å². The van der Waals surface area contributed by atoms with Gasteiger partial charge in [-0.1, -0.05) is 15.9 Å². The maximum Gasteiger partial charge on any atom is 0.235 e. The van der Waals surface area contributed by atoms with E-state index in [1.54, 1.807) is 18.7 Å². The van der Waals surface area contributed by atoms with E-state index in [2.05, 4.69) is 27.1 Å². The maximum absolute atomic E-state index is 9.10. The second kappa shape index (κ2) is 4.83. The number of nitriles is 1. The molecule has 0 saturated heterocycles. The zero-order chi connectivity index (χ0) is 13.3. The summed E-state index contributed by atoms with van der Waals surface area (Å²) in [5.41, 5.74) is 2.21. The van der Waals surface area contributed by atoms with Crippen molar-refractivity contribution in [2.75, 3.05) is 0 Å².